The Morgan fingerprint density at radius 1 is 1.00 bits per heavy atom. The first-order chi connectivity index (χ1) is 0. The van der Waals surface area contributed by atoms with Crippen molar-refractivity contribution in [1.82, 2.24) is 0 Å². The molecule has 0 aliphatic rings. The SMILES string of the molecule is [Al+3].[As-3].[Ga+3].[SbH6-3]. The van der Waals surface area contributed by atoms with Gasteiger partial charge in [0.1, 0.15) is 0 Å². The Morgan fingerprint density at radius 2 is 1.00 bits per heavy atom. The van der Waals surface area contributed by atoms with Crippen LogP contribution in [0, 0.1) is 0 Å². The van der Waals surface area contributed by atoms with Crippen molar-refractivity contribution in [2.75, 3.05) is 0 Å². The first kappa shape index (κ1) is 31.1. The molecule has 4 heteroatoms. The van der Waals surface area contributed by atoms with E-state index in [0.29, 0.717) is 0 Å². The van der Waals surface area contributed by atoms with Crippen LogP contribution in [0.2, 0.25) is 0 Å². The van der Waals surface area contributed by atoms with E-state index in [1.165, 1.54) is 0 Å². The normalized spacial score (nSPS) is 0. The van der Waals surface area contributed by atoms with Crippen molar-refractivity contribution in [3.63, 3.8) is 0 Å². The molecular formula is H6AlAsGaSb. The van der Waals surface area contributed by atoms with Crippen molar-refractivity contribution in [3.05, 3.63) is 0 Å². The van der Waals surface area contributed by atoms with Gasteiger partial charge in [-0.05, 0) is 0 Å². The van der Waals surface area contributed by atoms with Gasteiger partial charge >= 0.3 is 61.6 Å². The van der Waals surface area contributed by atoms with Gasteiger partial charge in [-0.3, -0.25) is 0 Å². The summed E-state index contributed by atoms with van der Waals surface area (Å²) in [4.78, 5) is 0. The van der Waals surface area contributed by atoms with Gasteiger partial charge in [-0.15, -0.1) is 0 Å². The van der Waals surface area contributed by atoms with Gasteiger partial charge in [-0.25, -0.2) is 0 Å². The molecule has 0 fully saturated rings. The molecule has 0 nitrogen and oxygen atoms in total. The van der Waals surface area contributed by atoms with E-state index >= 15 is 0 Å². The molecule has 0 aromatic carbocycles. The average Bonchev–Trinajstić information content (AvgIpc) is 0. The van der Waals surface area contributed by atoms with E-state index in [0.717, 1.165) is 0 Å². The van der Waals surface area contributed by atoms with Gasteiger partial charge in [-0.1, -0.05) is 0 Å². The van der Waals surface area contributed by atoms with Crippen molar-refractivity contribution in [2.24, 2.45) is 0 Å². The summed E-state index contributed by atoms with van der Waals surface area (Å²) in [5, 5.41) is 0. The fourth-order valence-corrected chi connectivity index (χ4v) is 0. The summed E-state index contributed by atoms with van der Waals surface area (Å²) in [5.41, 5.74) is 0. The standard InChI is InChI=1S/Al.As.Ga.Sb.6H/q+3;-3;+3;-3;;;;;;. The monoisotopic (exact) mass is 298 g/mol. The third kappa shape index (κ3) is 8.82. The van der Waals surface area contributed by atoms with Crippen LogP contribution in [0.1, 0.15) is 0 Å². The molecule has 0 spiro atoms. The molecule has 22 valence electrons. The number of rotatable bonds is 0. The Bertz CT molecular complexity index is 8.00. The maximum atomic E-state index is 0. The number of hydrogen-bond donors (Lipinski definition) is 0. The van der Waals surface area contributed by atoms with E-state index in [2.05, 4.69) is 0 Å². The second-order valence-corrected chi connectivity index (χ2v) is 0. The van der Waals surface area contributed by atoms with Gasteiger partial charge in [0.15, 0.2) is 0 Å². The van der Waals surface area contributed by atoms with Crippen molar-refractivity contribution >= 4 is 79.5 Å². The van der Waals surface area contributed by atoms with Crippen LogP contribution in [0.15, 0.2) is 0 Å². The molecule has 0 aromatic heterocycles. The summed E-state index contributed by atoms with van der Waals surface area (Å²) < 4.78 is 0. The van der Waals surface area contributed by atoms with Crippen LogP contribution >= 0.6 is 0 Å². The van der Waals surface area contributed by atoms with Crippen molar-refractivity contribution in [3.8, 4) is 0 Å². The van der Waals surface area contributed by atoms with Gasteiger partial charge < -0.3 is 18.0 Å². The van der Waals surface area contributed by atoms with Gasteiger partial charge in [0.05, 0.1) is 0 Å². The molecule has 0 saturated carbocycles. The molecule has 0 aliphatic carbocycles. The molecule has 0 unspecified atom stereocenters. The predicted octanol–water partition coefficient (Wildman–Crippen LogP) is -3.13. The fourth-order valence-electron chi connectivity index (χ4n) is 0. The summed E-state index contributed by atoms with van der Waals surface area (Å²) in [6.07, 6.45) is 0. The third-order valence-electron chi connectivity index (χ3n) is 0. The molecule has 0 saturated heterocycles. The summed E-state index contributed by atoms with van der Waals surface area (Å²) >= 11 is 0. The topological polar surface area (TPSA) is 0 Å². The Kier molecular flexibility index (Phi) is 137. The van der Waals surface area contributed by atoms with Crippen molar-refractivity contribution < 1.29 is 0 Å². The second kappa shape index (κ2) is 17.7. The van der Waals surface area contributed by atoms with Crippen LogP contribution < -0.4 is 0 Å². The van der Waals surface area contributed by atoms with Crippen LogP contribution in [0.3, 0.4) is 0 Å². The van der Waals surface area contributed by atoms with Crippen molar-refractivity contribution in [2.45, 2.75) is 0 Å². The van der Waals surface area contributed by atoms with Crippen LogP contribution in [0.25, 0.3) is 0 Å². The minimum absolute atomic E-state index is 0. The quantitative estimate of drug-likeness (QED) is 0.415. The molecule has 0 rings (SSSR count). The van der Waals surface area contributed by atoms with Crippen LogP contribution in [-0.4, -0.2) is 79.5 Å². The Labute approximate surface area is 78.4 Å². The van der Waals surface area contributed by atoms with E-state index in [9.17, 15) is 0 Å². The van der Waals surface area contributed by atoms with E-state index in [1.54, 1.807) is 0 Å². The molecular weight excluding hydrogens is 293 g/mol. The Hall–Kier alpha value is 2.55. The number of hydrogen-bond acceptors (Lipinski definition) is 0. The summed E-state index contributed by atoms with van der Waals surface area (Å²) in [6, 6.07) is 0. The second-order valence-electron chi connectivity index (χ2n) is 0. The zero-order valence-corrected chi connectivity index (χ0v) is 7.06. The predicted molar refractivity (Wildman–Crippen MR) is 31.4 cm³/mol. The molecule has 0 bridgehead atoms. The summed E-state index contributed by atoms with van der Waals surface area (Å²) in [5.74, 6) is 0. The van der Waals surface area contributed by atoms with Crippen LogP contribution in [0.5, 0.6) is 0 Å². The zero-order valence-electron chi connectivity index (χ0n) is 1.60. The van der Waals surface area contributed by atoms with E-state index in [1.807, 2.05) is 0 Å². The molecule has 0 atom stereocenters. The van der Waals surface area contributed by atoms with Crippen LogP contribution in [-0.2, 0) is 0 Å². The van der Waals surface area contributed by atoms with Crippen molar-refractivity contribution in [1.29, 1.82) is 0 Å². The first-order valence-electron chi connectivity index (χ1n) is 0. The van der Waals surface area contributed by atoms with E-state index in [-0.39, 0.29) is 79.5 Å². The molecule has 4 heavy (non-hydrogen) atoms. The van der Waals surface area contributed by atoms with Gasteiger partial charge in [-0.2, -0.15) is 0 Å². The van der Waals surface area contributed by atoms with Gasteiger partial charge in [0, 0.05) is 0 Å². The summed E-state index contributed by atoms with van der Waals surface area (Å²) in [6.45, 7) is 0. The van der Waals surface area contributed by atoms with Crippen LogP contribution in [0.4, 0.5) is 0 Å². The molecule has 0 aromatic rings. The minimum atomic E-state index is 0. The molecule has 0 radical (unpaired) electrons. The zero-order chi connectivity index (χ0) is 0. The van der Waals surface area contributed by atoms with E-state index < -0.39 is 0 Å². The maximum absolute atomic E-state index is 0. The van der Waals surface area contributed by atoms with E-state index in [4.69, 9.17) is 0 Å². The molecule has 0 amide bonds. The average molecular weight is 299 g/mol. The Morgan fingerprint density at radius 3 is 1.00 bits per heavy atom. The molecule has 0 aliphatic heterocycles. The first-order valence-corrected chi connectivity index (χ1v) is 0. The molecule has 0 N–H and O–H groups in total. The third-order valence-corrected chi connectivity index (χ3v) is 0. The van der Waals surface area contributed by atoms with Gasteiger partial charge in [0.25, 0.3) is 0 Å². The Balaban J connectivity index is 0. The fraction of sp³-hybridized carbons (Fsp3) is 0. The molecule has 0 heterocycles. The van der Waals surface area contributed by atoms with Gasteiger partial charge in [0.2, 0.25) is 0 Å². The summed E-state index contributed by atoms with van der Waals surface area (Å²) in [7, 11) is 0.